The first-order valence-corrected chi connectivity index (χ1v) is 13.4. The molecular formula is C27H34N4O6S. The van der Waals surface area contributed by atoms with Gasteiger partial charge in [0.1, 0.15) is 0 Å². The summed E-state index contributed by atoms with van der Waals surface area (Å²) >= 11 is 1.41. The van der Waals surface area contributed by atoms with E-state index in [0.29, 0.717) is 59.7 Å². The van der Waals surface area contributed by atoms with Gasteiger partial charge >= 0.3 is 5.97 Å². The predicted octanol–water partition coefficient (Wildman–Crippen LogP) is 3.31. The highest BCUT2D eigenvalue weighted by Crippen LogP contribution is 2.48. The van der Waals surface area contributed by atoms with Crippen molar-refractivity contribution in [1.29, 1.82) is 0 Å². The second kappa shape index (κ2) is 11.5. The summed E-state index contributed by atoms with van der Waals surface area (Å²) in [7, 11) is 3.12. The second-order valence-electron chi connectivity index (χ2n) is 9.49. The first-order valence-electron chi connectivity index (χ1n) is 12.6. The number of piperazine rings is 1. The lowest BCUT2D eigenvalue weighted by Gasteiger charge is -2.38. The molecule has 204 valence electrons. The maximum atomic E-state index is 13.4. The molecule has 11 heteroatoms. The Bertz CT molecular complexity index is 1220. The summed E-state index contributed by atoms with van der Waals surface area (Å²) in [6.45, 7) is 8.93. The standard InChI is InChI=1S/C27H34N4O6S/c1-16(2)37-26(34)23-17(3)28-27-31(24(23)20-8-7-9-21(35-5)25(20)36-6)19(15-38-27)14-22(33)30-12-10-29(11-13-30)18(4)32/h7-9,15-16,24H,10-14H2,1-6H3. The number of esters is 1. The van der Waals surface area contributed by atoms with Gasteiger partial charge in [-0.05, 0) is 32.2 Å². The number of nitrogens with zero attached hydrogens (tertiary/aromatic N) is 4. The van der Waals surface area contributed by atoms with E-state index in [1.165, 1.54) is 11.8 Å². The summed E-state index contributed by atoms with van der Waals surface area (Å²) in [6, 6.07) is 4.88. The fraction of sp³-hybridized carbons (Fsp3) is 0.481. The van der Waals surface area contributed by atoms with Crippen molar-refractivity contribution >= 4 is 34.7 Å². The lowest BCUT2D eigenvalue weighted by Crippen LogP contribution is -2.50. The van der Waals surface area contributed by atoms with E-state index >= 15 is 0 Å². The Kier molecular flexibility index (Phi) is 8.35. The van der Waals surface area contributed by atoms with E-state index in [0.717, 1.165) is 5.70 Å². The van der Waals surface area contributed by atoms with Crippen molar-refractivity contribution in [3.05, 3.63) is 46.1 Å². The average molecular weight is 543 g/mol. The Balaban J connectivity index is 1.70. The number of allylic oxidation sites excluding steroid dienone is 1. The molecule has 10 nitrogen and oxygen atoms in total. The van der Waals surface area contributed by atoms with Crippen molar-refractivity contribution in [1.82, 2.24) is 14.7 Å². The third kappa shape index (κ3) is 5.38. The highest BCUT2D eigenvalue weighted by Gasteiger charge is 2.43. The molecule has 1 saturated heterocycles. The number of amidine groups is 1. The van der Waals surface area contributed by atoms with Crippen molar-refractivity contribution in [2.24, 2.45) is 4.99 Å². The molecule has 2 amide bonds. The molecule has 0 radical (unpaired) electrons. The highest BCUT2D eigenvalue weighted by atomic mass is 32.2. The normalized spacial score (nSPS) is 19.2. The Morgan fingerprint density at radius 2 is 1.76 bits per heavy atom. The molecule has 1 unspecified atom stereocenters. The van der Waals surface area contributed by atoms with Crippen LogP contribution in [0.25, 0.3) is 0 Å². The molecular weight excluding hydrogens is 508 g/mol. The van der Waals surface area contributed by atoms with Crippen LogP contribution in [0.1, 0.15) is 45.7 Å². The number of para-hydroxylation sites is 1. The fourth-order valence-electron chi connectivity index (χ4n) is 4.87. The minimum Gasteiger partial charge on any atom is -0.493 e. The molecule has 0 bridgehead atoms. The molecule has 0 N–H and O–H groups in total. The first kappa shape index (κ1) is 27.6. The molecule has 1 atom stereocenters. The lowest BCUT2D eigenvalue weighted by atomic mass is 9.92. The van der Waals surface area contributed by atoms with Gasteiger partial charge in [0.2, 0.25) is 11.8 Å². The number of fused-ring (bicyclic) bond motifs is 1. The third-order valence-electron chi connectivity index (χ3n) is 6.70. The van der Waals surface area contributed by atoms with Crippen LogP contribution in [-0.2, 0) is 19.1 Å². The summed E-state index contributed by atoms with van der Waals surface area (Å²) < 4.78 is 16.9. The van der Waals surface area contributed by atoms with E-state index in [1.54, 1.807) is 57.8 Å². The number of carbonyl (C=O) groups is 3. The number of ether oxygens (including phenoxy) is 3. The van der Waals surface area contributed by atoms with Crippen molar-refractivity contribution in [2.45, 2.75) is 46.3 Å². The van der Waals surface area contributed by atoms with E-state index in [2.05, 4.69) is 0 Å². The van der Waals surface area contributed by atoms with Gasteiger partial charge in [-0.15, -0.1) is 0 Å². The van der Waals surface area contributed by atoms with Crippen molar-refractivity contribution in [2.75, 3.05) is 40.4 Å². The molecule has 0 spiro atoms. The van der Waals surface area contributed by atoms with E-state index in [4.69, 9.17) is 19.2 Å². The molecule has 4 rings (SSSR count). The van der Waals surface area contributed by atoms with Crippen LogP contribution in [0.15, 0.2) is 45.6 Å². The van der Waals surface area contributed by atoms with E-state index in [9.17, 15) is 14.4 Å². The van der Waals surface area contributed by atoms with Gasteiger partial charge in [-0.3, -0.25) is 9.59 Å². The van der Waals surface area contributed by atoms with Gasteiger partial charge in [-0.1, -0.05) is 23.9 Å². The Labute approximate surface area is 227 Å². The molecule has 1 fully saturated rings. The summed E-state index contributed by atoms with van der Waals surface area (Å²) in [4.78, 5) is 48.6. The first-order chi connectivity index (χ1) is 18.2. The second-order valence-corrected chi connectivity index (χ2v) is 10.3. The van der Waals surface area contributed by atoms with Crippen LogP contribution in [0.2, 0.25) is 0 Å². The maximum Gasteiger partial charge on any atom is 0.338 e. The molecule has 3 aliphatic rings. The molecule has 0 saturated carbocycles. The molecule has 1 aromatic rings. The molecule has 3 heterocycles. The van der Waals surface area contributed by atoms with Crippen LogP contribution in [0, 0.1) is 0 Å². The SMILES string of the molecule is COc1cccc(C2C(C(=O)OC(C)C)=C(C)N=C3SC=C(CC(=O)N4CCN(C(C)=O)CC4)N32)c1OC. The van der Waals surface area contributed by atoms with Gasteiger partial charge in [0.05, 0.1) is 44.1 Å². The minimum atomic E-state index is -0.637. The number of hydrogen-bond donors (Lipinski definition) is 0. The minimum absolute atomic E-state index is 0.0132. The summed E-state index contributed by atoms with van der Waals surface area (Å²) in [5, 5.41) is 2.58. The molecule has 38 heavy (non-hydrogen) atoms. The number of thioether (sulfide) groups is 1. The van der Waals surface area contributed by atoms with E-state index in [-0.39, 0.29) is 24.3 Å². The molecule has 3 aliphatic heterocycles. The highest BCUT2D eigenvalue weighted by molar-refractivity contribution is 8.16. The van der Waals surface area contributed by atoms with Crippen molar-refractivity contribution in [3.8, 4) is 11.5 Å². The summed E-state index contributed by atoms with van der Waals surface area (Å²) in [6.07, 6.45) is -0.195. The number of carbonyl (C=O) groups excluding carboxylic acids is 3. The lowest BCUT2D eigenvalue weighted by molar-refractivity contribution is -0.143. The number of aliphatic imine (C=N–C) groups is 1. The number of methoxy groups -OCH3 is 2. The zero-order valence-corrected chi connectivity index (χ0v) is 23.5. The molecule has 0 aromatic heterocycles. The zero-order valence-electron chi connectivity index (χ0n) is 22.6. The largest absolute Gasteiger partial charge is 0.493 e. The topological polar surface area (TPSA) is 101 Å². The van der Waals surface area contributed by atoms with Gasteiger partial charge in [-0.25, -0.2) is 9.79 Å². The fourth-order valence-corrected chi connectivity index (χ4v) is 5.83. The van der Waals surface area contributed by atoms with E-state index < -0.39 is 12.0 Å². The summed E-state index contributed by atoms with van der Waals surface area (Å²) in [5.41, 5.74) is 2.35. The number of amides is 2. The van der Waals surface area contributed by atoms with Gasteiger partial charge in [-0.2, -0.15) is 0 Å². The monoisotopic (exact) mass is 542 g/mol. The Morgan fingerprint density at radius 3 is 2.37 bits per heavy atom. The zero-order chi connectivity index (χ0) is 27.6. The summed E-state index contributed by atoms with van der Waals surface area (Å²) in [5.74, 6) is 0.513. The average Bonchev–Trinajstić information content (AvgIpc) is 3.28. The van der Waals surface area contributed by atoms with Crippen LogP contribution in [0.3, 0.4) is 0 Å². The van der Waals surface area contributed by atoms with Crippen molar-refractivity contribution < 1.29 is 28.6 Å². The Morgan fingerprint density at radius 1 is 1.08 bits per heavy atom. The number of benzene rings is 1. The van der Waals surface area contributed by atoms with Gasteiger partial charge < -0.3 is 28.9 Å². The van der Waals surface area contributed by atoms with Gasteiger partial charge in [0, 0.05) is 44.4 Å². The number of hydrogen-bond acceptors (Lipinski definition) is 9. The van der Waals surface area contributed by atoms with Crippen LogP contribution >= 0.6 is 11.8 Å². The van der Waals surface area contributed by atoms with Gasteiger partial charge in [0.15, 0.2) is 16.7 Å². The van der Waals surface area contributed by atoms with Crippen molar-refractivity contribution in [3.63, 3.8) is 0 Å². The van der Waals surface area contributed by atoms with E-state index in [1.807, 2.05) is 22.4 Å². The van der Waals surface area contributed by atoms with Gasteiger partial charge in [0.25, 0.3) is 0 Å². The third-order valence-corrected chi connectivity index (χ3v) is 7.59. The van der Waals surface area contributed by atoms with Crippen LogP contribution in [-0.4, -0.2) is 84.2 Å². The predicted molar refractivity (Wildman–Crippen MR) is 145 cm³/mol. The molecule has 1 aromatic carbocycles. The quantitative estimate of drug-likeness (QED) is 0.484. The Hall–Kier alpha value is -3.47. The van der Waals surface area contributed by atoms with Crippen LogP contribution < -0.4 is 9.47 Å². The number of rotatable bonds is 7. The maximum absolute atomic E-state index is 13.4. The molecule has 0 aliphatic carbocycles. The smallest absolute Gasteiger partial charge is 0.338 e. The van der Waals surface area contributed by atoms with Crippen LogP contribution in [0.4, 0.5) is 0 Å². The van der Waals surface area contributed by atoms with Crippen LogP contribution in [0.5, 0.6) is 11.5 Å².